The van der Waals surface area contributed by atoms with E-state index in [2.05, 4.69) is 4.98 Å². The first-order chi connectivity index (χ1) is 14.1. The Balaban J connectivity index is 1.52. The molecule has 2 fully saturated rings. The van der Waals surface area contributed by atoms with Crippen LogP contribution in [0, 0.1) is 5.82 Å². The Morgan fingerprint density at radius 3 is 2.34 bits per heavy atom. The number of rotatable bonds is 2. The van der Waals surface area contributed by atoms with Crippen LogP contribution in [0.25, 0.3) is 0 Å². The molecule has 2 aliphatic rings. The molecule has 1 atom stereocenters. The van der Waals surface area contributed by atoms with Crippen LogP contribution in [0.5, 0.6) is 0 Å². The monoisotopic (exact) mass is 399 g/mol. The molecule has 8 heteroatoms. The molecule has 2 aliphatic heterocycles. The zero-order valence-electron chi connectivity index (χ0n) is 15.9. The summed E-state index contributed by atoms with van der Waals surface area (Å²) in [7, 11) is 0. The second-order valence-electron chi connectivity index (χ2n) is 7.16. The van der Waals surface area contributed by atoms with Gasteiger partial charge < -0.3 is 19.3 Å². The second-order valence-corrected chi connectivity index (χ2v) is 7.16. The highest BCUT2D eigenvalue weighted by Gasteiger charge is 2.43. The first-order valence-electron chi connectivity index (χ1n) is 9.58. The summed E-state index contributed by atoms with van der Waals surface area (Å²) in [4.78, 5) is 33.1. The number of hydrogen-bond donors (Lipinski definition) is 0. The number of ether oxygens (including phenoxy) is 2. The molecule has 2 saturated heterocycles. The van der Waals surface area contributed by atoms with E-state index in [1.54, 1.807) is 28.1 Å². The van der Waals surface area contributed by atoms with Crippen molar-refractivity contribution < 1.29 is 23.5 Å². The van der Waals surface area contributed by atoms with Crippen LogP contribution in [0.15, 0.2) is 48.8 Å². The van der Waals surface area contributed by atoms with Crippen LogP contribution in [-0.2, 0) is 9.47 Å². The van der Waals surface area contributed by atoms with Gasteiger partial charge in [-0.25, -0.2) is 4.39 Å². The Hall–Kier alpha value is -2.84. The van der Waals surface area contributed by atoms with Gasteiger partial charge in [0.15, 0.2) is 0 Å². The van der Waals surface area contributed by atoms with E-state index in [4.69, 9.17) is 9.47 Å². The third-order valence-electron chi connectivity index (χ3n) is 5.10. The Bertz CT molecular complexity index is 877. The molecule has 1 spiro atoms. The van der Waals surface area contributed by atoms with Crippen molar-refractivity contribution in [1.29, 1.82) is 0 Å². The van der Waals surface area contributed by atoms with Gasteiger partial charge >= 0.3 is 0 Å². The molecule has 0 N–H and O–H groups in total. The average molecular weight is 399 g/mol. The maximum atomic E-state index is 13.2. The van der Waals surface area contributed by atoms with Crippen molar-refractivity contribution in [1.82, 2.24) is 14.8 Å². The lowest BCUT2D eigenvalue weighted by Gasteiger charge is -2.43. The topological polar surface area (TPSA) is 72.0 Å². The van der Waals surface area contributed by atoms with Gasteiger partial charge in [0.05, 0.1) is 31.9 Å². The van der Waals surface area contributed by atoms with Crippen molar-refractivity contribution >= 4 is 11.8 Å². The van der Waals surface area contributed by atoms with Gasteiger partial charge in [-0.1, -0.05) is 0 Å². The summed E-state index contributed by atoms with van der Waals surface area (Å²) in [5.41, 5.74) is 0.903. The molecule has 2 aromatic rings. The number of hydrogen-bond acceptors (Lipinski definition) is 5. The number of nitrogens with zero attached hydrogens (tertiary/aromatic N) is 3. The first kappa shape index (κ1) is 19.5. The van der Waals surface area contributed by atoms with E-state index in [1.807, 2.05) is 0 Å². The summed E-state index contributed by atoms with van der Waals surface area (Å²) >= 11 is 0. The number of carbonyl (C=O) groups excluding carboxylic acids is 2. The minimum absolute atomic E-state index is 0.148. The van der Waals surface area contributed by atoms with Crippen molar-refractivity contribution in [2.24, 2.45) is 0 Å². The number of pyridine rings is 1. The lowest BCUT2D eigenvalue weighted by Crippen LogP contribution is -2.59. The highest BCUT2D eigenvalue weighted by molar-refractivity contribution is 5.95. The van der Waals surface area contributed by atoms with E-state index >= 15 is 0 Å². The fraction of sp³-hybridized carbons (Fsp3) is 0.381. The Morgan fingerprint density at radius 1 is 0.931 bits per heavy atom. The predicted octanol–water partition coefficient (Wildman–Crippen LogP) is 1.95. The lowest BCUT2D eigenvalue weighted by atomic mass is 10.1. The van der Waals surface area contributed by atoms with Crippen LogP contribution in [-0.4, -0.2) is 71.8 Å². The van der Waals surface area contributed by atoms with E-state index in [0.717, 1.165) is 0 Å². The fourth-order valence-electron chi connectivity index (χ4n) is 3.66. The molecule has 7 nitrogen and oxygen atoms in total. The number of morpholine rings is 1. The summed E-state index contributed by atoms with van der Waals surface area (Å²) in [6, 6.07) is 8.90. The first-order valence-corrected chi connectivity index (χ1v) is 9.58. The summed E-state index contributed by atoms with van der Waals surface area (Å²) in [6.45, 7) is 2.07. The van der Waals surface area contributed by atoms with Gasteiger partial charge in [-0.3, -0.25) is 14.6 Å². The highest BCUT2D eigenvalue weighted by Crippen LogP contribution is 2.26. The number of halogens is 1. The van der Waals surface area contributed by atoms with Gasteiger partial charge in [0, 0.05) is 31.0 Å². The van der Waals surface area contributed by atoms with Crippen LogP contribution in [0.3, 0.4) is 0 Å². The van der Waals surface area contributed by atoms with Crippen LogP contribution >= 0.6 is 0 Å². The van der Waals surface area contributed by atoms with Crippen molar-refractivity contribution in [2.75, 3.05) is 39.4 Å². The minimum Gasteiger partial charge on any atom is -0.347 e. The molecule has 1 unspecified atom stereocenters. The van der Waals surface area contributed by atoms with Gasteiger partial charge in [-0.05, 0) is 42.8 Å². The van der Waals surface area contributed by atoms with Crippen molar-refractivity contribution in [2.45, 2.75) is 12.2 Å². The zero-order chi connectivity index (χ0) is 20.3. The predicted molar refractivity (Wildman–Crippen MR) is 102 cm³/mol. The van der Waals surface area contributed by atoms with E-state index in [0.29, 0.717) is 43.9 Å². The van der Waals surface area contributed by atoms with Gasteiger partial charge in [0.2, 0.25) is 5.79 Å². The maximum absolute atomic E-state index is 13.2. The quantitative estimate of drug-likeness (QED) is 0.772. The Kier molecular flexibility index (Phi) is 5.55. The molecule has 0 saturated carbocycles. The molecule has 152 valence electrons. The number of amides is 2. The number of aromatic nitrogens is 1. The maximum Gasteiger partial charge on any atom is 0.255 e. The third-order valence-corrected chi connectivity index (χ3v) is 5.10. The smallest absolute Gasteiger partial charge is 0.255 e. The van der Waals surface area contributed by atoms with Gasteiger partial charge in [0.1, 0.15) is 5.82 Å². The average Bonchev–Trinajstić information content (AvgIpc) is 2.96. The summed E-state index contributed by atoms with van der Waals surface area (Å²) in [5, 5.41) is 0. The van der Waals surface area contributed by atoms with E-state index in [-0.39, 0.29) is 24.9 Å². The van der Waals surface area contributed by atoms with Crippen molar-refractivity contribution in [3.8, 4) is 0 Å². The molecular formula is C21H22FN3O4. The fourth-order valence-corrected chi connectivity index (χ4v) is 3.66. The zero-order valence-corrected chi connectivity index (χ0v) is 15.9. The van der Waals surface area contributed by atoms with Crippen molar-refractivity contribution in [3.05, 3.63) is 65.7 Å². The van der Waals surface area contributed by atoms with Crippen LogP contribution in [0.4, 0.5) is 4.39 Å². The minimum atomic E-state index is -1.08. The van der Waals surface area contributed by atoms with Crippen LogP contribution in [0.2, 0.25) is 0 Å². The Labute approximate surface area is 168 Å². The number of benzene rings is 1. The molecule has 0 aliphatic carbocycles. The standard InChI is InChI=1S/C21H22FN3O4/c22-18-6-4-16(5-7-18)19(26)24-9-2-11-28-21(14-24)15-25(10-12-29-21)20(27)17-3-1-8-23-13-17/h1,3-8,13H,2,9-12,14-15H2. The molecule has 0 radical (unpaired) electrons. The normalized spacial score (nSPS) is 22.4. The molecule has 29 heavy (non-hydrogen) atoms. The van der Waals surface area contributed by atoms with E-state index < -0.39 is 11.6 Å². The third kappa shape index (κ3) is 4.28. The lowest BCUT2D eigenvalue weighted by molar-refractivity contribution is -0.258. The Morgan fingerprint density at radius 2 is 1.62 bits per heavy atom. The van der Waals surface area contributed by atoms with E-state index in [9.17, 15) is 14.0 Å². The van der Waals surface area contributed by atoms with Crippen LogP contribution < -0.4 is 0 Å². The molecule has 2 amide bonds. The van der Waals surface area contributed by atoms with Gasteiger partial charge in [-0.15, -0.1) is 0 Å². The molecule has 1 aromatic heterocycles. The van der Waals surface area contributed by atoms with Crippen LogP contribution in [0.1, 0.15) is 27.1 Å². The molecule has 1 aromatic carbocycles. The SMILES string of the molecule is O=C(c1ccc(F)cc1)N1CCCOC2(C1)CN(C(=O)c1cccnc1)CCO2. The number of carbonyl (C=O) groups is 2. The van der Waals surface area contributed by atoms with E-state index in [1.165, 1.54) is 30.5 Å². The second kappa shape index (κ2) is 8.26. The molecule has 0 bridgehead atoms. The highest BCUT2D eigenvalue weighted by atomic mass is 19.1. The molecule has 4 rings (SSSR count). The molecule has 3 heterocycles. The summed E-state index contributed by atoms with van der Waals surface area (Å²) in [6.07, 6.45) is 3.79. The summed E-state index contributed by atoms with van der Waals surface area (Å²) in [5.74, 6) is -1.83. The van der Waals surface area contributed by atoms with Gasteiger partial charge in [0.25, 0.3) is 11.8 Å². The summed E-state index contributed by atoms with van der Waals surface area (Å²) < 4.78 is 25.1. The van der Waals surface area contributed by atoms with Crippen molar-refractivity contribution in [3.63, 3.8) is 0 Å². The largest absolute Gasteiger partial charge is 0.347 e. The van der Waals surface area contributed by atoms with Gasteiger partial charge in [-0.2, -0.15) is 0 Å². The molecular weight excluding hydrogens is 377 g/mol.